The molecule has 0 unspecified atom stereocenters. The van der Waals surface area contributed by atoms with Gasteiger partial charge in [0.1, 0.15) is 0 Å². The van der Waals surface area contributed by atoms with Gasteiger partial charge in [0.25, 0.3) is 0 Å². The van der Waals surface area contributed by atoms with E-state index in [1.807, 2.05) is 94.6 Å². The lowest BCUT2D eigenvalue weighted by atomic mass is 10.2. The van der Waals surface area contributed by atoms with E-state index in [2.05, 4.69) is 138 Å². The second-order valence-corrected chi connectivity index (χ2v) is 31.8. The SMILES string of the molecule is CN(C)c1n[nH]c(N(C)Cc2ccc(O)c(O)c2)n1.CN(C)c1n[nH]c(NCc2ccc(O)c(O)c2)n1.CN(C)c1nnc(NCc2ccc(O)c(O)c2)n1C.CN(Cc1ccc(O)c(O)c1)c1n[nH]c(N)n1.CN(Cc1ccc(O)c(O)c1)c1nnc(N)n1C.CNc1n[nH]c(NCc2ccc(O)c(O)c2)n1.CNc1nc(N(C)Cc2ccc(O)c(O)c2)n[nH]1.Cn1c(N)nnc1NCc1ccc(O)c(O)c1. The van der Waals surface area contributed by atoms with Crippen LogP contribution in [-0.2, 0) is 73.5 Å². The molecule has 143 heavy (non-hydrogen) atoms. The number of hydrogen-bond donors (Lipinski definition) is 30. The molecular formula is C87H118N40O16. The Bertz CT molecular complexity index is 6730. The Balaban J connectivity index is 0.000000182. The number of nitrogens with zero attached hydrogens (tertiary/aromatic N) is 26. The van der Waals surface area contributed by atoms with E-state index in [-0.39, 0.29) is 97.9 Å². The van der Waals surface area contributed by atoms with Gasteiger partial charge < -0.3 is 165 Å². The maximum absolute atomic E-state index is 9.45. The molecule has 0 aliphatic heterocycles. The maximum atomic E-state index is 9.45. The number of nitrogen functional groups attached to an aromatic ring is 3. The van der Waals surface area contributed by atoms with Gasteiger partial charge in [0.2, 0.25) is 95.2 Å². The number of benzene rings is 8. The number of phenolic OH excluding ortho intramolecular Hbond substituents is 16. The first-order valence-corrected chi connectivity index (χ1v) is 42.7. The first kappa shape index (κ1) is 107. The van der Waals surface area contributed by atoms with E-state index < -0.39 is 0 Å². The second-order valence-electron chi connectivity index (χ2n) is 31.8. The number of aromatic hydroxyl groups is 16. The van der Waals surface area contributed by atoms with Crippen molar-refractivity contribution in [2.75, 3.05) is 168 Å². The van der Waals surface area contributed by atoms with Crippen molar-refractivity contribution >= 4 is 95.2 Å². The van der Waals surface area contributed by atoms with Gasteiger partial charge in [-0.25, -0.2) is 25.5 Å². The molecule has 16 rings (SSSR count). The zero-order valence-electron chi connectivity index (χ0n) is 80.5. The van der Waals surface area contributed by atoms with Crippen LogP contribution in [0.5, 0.6) is 92.0 Å². The Labute approximate surface area is 817 Å². The van der Waals surface area contributed by atoms with Crippen LogP contribution in [-0.4, -0.2) is 286 Å². The summed E-state index contributed by atoms with van der Waals surface area (Å²) in [5, 5.41) is 223. The van der Waals surface area contributed by atoms with Crippen LogP contribution in [0.3, 0.4) is 0 Å². The van der Waals surface area contributed by atoms with Gasteiger partial charge in [-0.3, -0.25) is 13.7 Å². The molecule has 0 spiro atoms. The van der Waals surface area contributed by atoms with Crippen molar-refractivity contribution < 1.29 is 81.7 Å². The number of nitrogens with two attached hydrogens (primary N) is 3. The molecule has 0 saturated carbocycles. The number of hydrogen-bond acceptors (Lipinski definition) is 48. The van der Waals surface area contributed by atoms with Crippen LogP contribution in [0.4, 0.5) is 95.2 Å². The van der Waals surface area contributed by atoms with Crippen molar-refractivity contribution in [1.82, 2.24) is 120 Å². The van der Waals surface area contributed by atoms with Gasteiger partial charge in [-0.05, 0) is 142 Å². The zero-order valence-corrected chi connectivity index (χ0v) is 80.5. The summed E-state index contributed by atoms with van der Waals surface area (Å²) in [6.45, 7) is 3.92. The first-order chi connectivity index (χ1) is 67.9. The Morgan fingerprint density at radius 2 is 0.580 bits per heavy atom. The molecule has 8 aromatic heterocycles. The van der Waals surface area contributed by atoms with Crippen LogP contribution >= 0.6 is 0 Å². The van der Waals surface area contributed by atoms with Gasteiger partial charge in [-0.2, -0.15) is 24.9 Å². The molecule has 0 bridgehead atoms. The molecule has 56 heteroatoms. The summed E-state index contributed by atoms with van der Waals surface area (Å²) in [6.07, 6.45) is 0. The molecule has 8 heterocycles. The van der Waals surface area contributed by atoms with Crippen LogP contribution in [0.1, 0.15) is 44.5 Å². The summed E-state index contributed by atoms with van der Waals surface area (Å²) in [4.78, 5) is 33.5. The Hall–Kier alpha value is -19.5. The Morgan fingerprint density at radius 3 is 0.909 bits per heavy atom. The third-order valence-corrected chi connectivity index (χ3v) is 19.9. The van der Waals surface area contributed by atoms with Gasteiger partial charge in [-0.15, -0.1) is 56.1 Å². The highest BCUT2D eigenvalue weighted by Gasteiger charge is 2.19. The fourth-order valence-corrected chi connectivity index (χ4v) is 12.1. The average molecular weight is 1980 g/mol. The van der Waals surface area contributed by atoms with Crippen LogP contribution in [0.25, 0.3) is 0 Å². The standard InChI is InChI=1S/2C12H17N5O2.3C11H15N5O2.3C10H13N5O2/c1-16(2)11-13-12(15-14-11)17(3)7-8-4-5-9(18)10(19)6-8;1-16(2)12-15-14-11(17(12)3)13-7-8-4-5-9(18)10(19)6-8;1-15(11-14-13-10(12)16(11)2)6-7-3-4-8(17)9(18)5-7;1-16(2)11-13-10(14-15-11)12-6-7-3-4-8(17)9(18)5-7;1-12-10-13-11(15-14-10)16(2)6-7-3-4-8(17)9(18)5-7;1-15(10-12-9(11)13-14-10)5-6-2-3-7(16)8(17)4-6;1-15-9(11)13-14-10(15)12-5-6-2-3-7(16)8(17)4-6;1-11-9-13-10(15-14-9)12-5-6-2-3-7(16)8(17)4-6/h4-6,18-19H,7H2,1-3H3,(H,13,14,15);4-6,18-19H,7H2,1-3H3,(H,13,14);3-5,17-18H,6H2,1-2H3,(H2,12,13);2*3-5,17-18H,6H2,1-2H3,(H2,12,13,14,15);2-4,16-17H,5H2,1H3,(H3,11,12,13,14);2-4,16-17H,5H2,1H3,(H2,11,13)(H,12,14);2-4,16-17H,5H2,1H3,(H3,11,12,13,14,15). The van der Waals surface area contributed by atoms with Gasteiger partial charge in [-0.1, -0.05) is 48.5 Å². The maximum Gasteiger partial charge on any atom is 0.246 e. The Kier molecular flexibility index (Phi) is 37.7. The lowest BCUT2D eigenvalue weighted by molar-refractivity contribution is 0.403. The van der Waals surface area contributed by atoms with E-state index in [1.54, 1.807) is 108 Å². The quantitative estimate of drug-likeness (QED) is 0.0247. The zero-order chi connectivity index (χ0) is 105. The van der Waals surface area contributed by atoms with E-state index in [1.165, 1.54) is 97.1 Å². The van der Waals surface area contributed by atoms with Crippen molar-refractivity contribution in [3.8, 4) is 92.0 Å². The second kappa shape index (κ2) is 50.3. The van der Waals surface area contributed by atoms with E-state index >= 15 is 0 Å². The van der Waals surface area contributed by atoms with E-state index in [0.29, 0.717) is 136 Å². The summed E-state index contributed by atoms with van der Waals surface area (Å²) >= 11 is 0. The molecule has 8 aromatic carbocycles. The highest BCUT2D eigenvalue weighted by Crippen LogP contribution is 2.34. The topological polar surface area (TPSA) is 797 Å². The first-order valence-electron chi connectivity index (χ1n) is 42.7. The number of anilines is 16. The number of nitrogens with one attached hydrogen (secondary N) is 11. The molecule has 0 atom stereocenters. The van der Waals surface area contributed by atoms with Crippen molar-refractivity contribution in [3.05, 3.63) is 190 Å². The van der Waals surface area contributed by atoms with Crippen molar-refractivity contribution in [2.24, 2.45) is 21.1 Å². The minimum atomic E-state index is -0.151. The van der Waals surface area contributed by atoms with Crippen molar-refractivity contribution in [1.29, 1.82) is 0 Å². The summed E-state index contributed by atoms with van der Waals surface area (Å²) < 4.78 is 5.11. The van der Waals surface area contributed by atoms with Gasteiger partial charge in [0.15, 0.2) is 92.0 Å². The normalized spacial score (nSPS) is 10.4. The molecule has 33 N–H and O–H groups in total. The third kappa shape index (κ3) is 31.8. The fourth-order valence-electron chi connectivity index (χ4n) is 12.1. The lowest BCUT2D eigenvalue weighted by Gasteiger charge is -2.17. The van der Waals surface area contributed by atoms with Crippen LogP contribution in [0.15, 0.2) is 146 Å². The molecule has 0 fully saturated rings. The average Bonchev–Trinajstić information content (AvgIpc) is 1.75. The number of aromatic nitrogens is 24. The number of rotatable bonds is 29. The molecule has 0 radical (unpaired) electrons. The molecule has 56 nitrogen and oxygen atoms in total. The van der Waals surface area contributed by atoms with Gasteiger partial charge in [0.05, 0.1) is 0 Å². The van der Waals surface area contributed by atoms with Crippen LogP contribution < -0.4 is 83.4 Å². The summed E-state index contributed by atoms with van der Waals surface area (Å²) in [7, 11) is 27.4. The van der Waals surface area contributed by atoms with E-state index in [0.717, 1.165) is 50.5 Å². The predicted molar refractivity (Wildman–Crippen MR) is 536 cm³/mol. The number of H-pyrrole nitrogens is 5. The number of phenols is 16. The molecule has 762 valence electrons. The smallest absolute Gasteiger partial charge is 0.246 e. The van der Waals surface area contributed by atoms with E-state index in [9.17, 15) is 71.5 Å². The van der Waals surface area contributed by atoms with Gasteiger partial charge >= 0.3 is 0 Å². The highest BCUT2D eigenvalue weighted by atomic mass is 16.3. The lowest BCUT2D eigenvalue weighted by Crippen LogP contribution is -2.20. The molecular weight excluding hydrogens is 1860 g/mol. The predicted octanol–water partition coefficient (Wildman–Crippen LogP) is 5.78. The number of aromatic amines is 5. The molecule has 16 aromatic rings. The molecule has 0 aliphatic carbocycles. The summed E-state index contributed by atoms with van der Waals surface area (Å²) in [5.41, 5.74) is 23.2. The molecule has 0 saturated heterocycles. The van der Waals surface area contributed by atoms with Crippen molar-refractivity contribution in [2.45, 2.75) is 52.4 Å². The third-order valence-electron chi connectivity index (χ3n) is 19.9. The minimum absolute atomic E-state index is 0.124. The summed E-state index contributed by atoms with van der Waals surface area (Å²) in [5.74, 6) is 6.29. The largest absolute Gasteiger partial charge is 0.504 e. The van der Waals surface area contributed by atoms with Crippen molar-refractivity contribution in [3.63, 3.8) is 0 Å². The molecule has 0 aliphatic rings. The van der Waals surface area contributed by atoms with Gasteiger partial charge in [0, 0.05) is 158 Å². The van der Waals surface area contributed by atoms with Crippen LogP contribution in [0.2, 0.25) is 0 Å². The Morgan fingerprint density at radius 1 is 0.273 bits per heavy atom. The van der Waals surface area contributed by atoms with E-state index in [4.69, 9.17) is 27.4 Å². The summed E-state index contributed by atoms with van der Waals surface area (Å²) in [6, 6.07) is 37.3. The minimum Gasteiger partial charge on any atom is -0.504 e. The monoisotopic (exact) mass is 1980 g/mol. The fraction of sp³-hybridized carbons (Fsp3) is 0.264. The molecule has 0 amide bonds. The van der Waals surface area contributed by atoms with Crippen LogP contribution in [0, 0.1) is 0 Å². The highest BCUT2D eigenvalue weighted by molar-refractivity contribution is 5.52.